The molecule has 0 aliphatic heterocycles. The van der Waals surface area contributed by atoms with E-state index in [0.29, 0.717) is 12.3 Å². The van der Waals surface area contributed by atoms with E-state index in [2.05, 4.69) is 15.2 Å². The van der Waals surface area contributed by atoms with E-state index in [1.807, 2.05) is 32.0 Å². The summed E-state index contributed by atoms with van der Waals surface area (Å²) in [5.41, 5.74) is 2.94. The lowest BCUT2D eigenvalue weighted by Crippen LogP contribution is -2.20. The van der Waals surface area contributed by atoms with Crippen molar-refractivity contribution in [2.24, 2.45) is 5.16 Å². The Morgan fingerprint density at radius 1 is 1.43 bits per heavy atom. The molecule has 23 heavy (non-hydrogen) atoms. The predicted molar refractivity (Wildman–Crippen MR) is 89.1 cm³/mol. The minimum atomic E-state index is -0.533. The predicted octanol–water partition coefficient (Wildman–Crippen LogP) is 3.05. The molecule has 2 aromatic rings. The van der Waals surface area contributed by atoms with Gasteiger partial charge in [-0.3, -0.25) is 4.84 Å². The molecule has 0 saturated carbocycles. The molecule has 122 valence electrons. The summed E-state index contributed by atoms with van der Waals surface area (Å²) in [6, 6.07) is 5.97. The Labute approximate surface area is 139 Å². The molecule has 1 amide bonds. The second-order valence-corrected chi connectivity index (χ2v) is 6.23. The Hall–Kier alpha value is -2.35. The number of carbonyl (C=O) groups excluding carboxylic acids is 1. The van der Waals surface area contributed by atoms with Crippen LogP contribution in [0.5, 0.6) is 0 Å². The first-order chi connectivity index (χ1) is 11.0. The highest BCUT2D eigenvalue weighted by Crippen LogP contribution is 2.27. The number of carbonyl (C=O) groups is 1. The van der Waals surface area contributed by atoms with Crippen molar-refractivity contribution in [2.45, 2.75) is 32.2 Å². The molecule has 0 radical (unpaired) electrons. The smallest absolute Gasteiger partial charge is 0.297 e. The topological polar surface area (TPSA) is 72.6 Å². The maximum atomic E-state index is 12.0. The first kappa shape index (κ1) is 17.0. The molecule has 0 aliphatic carbocycles. The third-order valence-electron chi connectivity index (χ3n) is 3.18. The molecular weight excluding hydrogens is 314 g/mol. The van der Waals surface area contributed by atoms with Gasteiger partial charge in [-0.2, -0.15) is 5.10 Å². The molecule has 0 unspecified atom stereocenters. The molecule has 2 rings (SSSR count). The SMILES string of the molecule is C/C(Cn1cncn1)=N\OC(=O)N(C)Sc1cccc(C)c1C. The lowest BCUT2D eigenvalue weighted by atomic mass is 10.1. The maximum absolute atomic E-state index is 12.0. The number of aryl methyl sites for hydroxylation is 1. The largest absolute Gasteiger partial charge is 0.446 e. The molecular formula is C15H19N5O2S. The zero-order valence-corrected chi connectivity index (χ0v) is 14.4. The molecule has 1 aromatic carbocycles. The van der Waals surface area contributed by atoms with Crippen molar-refractivity contribution in [1.82, 2.24) is 19.1 Å². The molecule has 0 bridgehead atoms. The molecule has 7 nitrogen and oxygen atoms in total. The number of rotatable bonds is 5. The first-order valence-corrected chi connectivity index (χ1v) is 7.79. The first-order valence-electron chi connectivity index (χ1n) is 7.02. The molecule has 8 heteroatoms. The van der Waals surface area contributed by atoms with Crippen molar-refractivity contribution in [3.05, 3.63) is 42.0 Å². The summed E-state index contributed by atoms with van der Waals surface area (Å²) in [5.74, 6) is 0. The minimum absolute atomic E-state index is 0.418. The third-order valence-corrected chi connectivity index (χ3v) is 4.25. The second-order valence-electron chi connectivity index (χ2n) is 5.06. The van der Waals surface area contributed by atoms with Gasteiger partial charge in [0.05, 0.1) is 12.3 Å². The summed E-state index contributed by atoms with van der Waals surface area (Å²) in [4.78, 5) is 21.8. The Kier molecular flexibility index (Phi) is 5.75. The van der Waals surface area contributed by atoms with Crippen LogP contribution >= 0.6 is 11.9 Å². The van der Waals surface area contributed by atoms with Crippen molar-refractivity contribution < 1.29 is 9.63 Å². The van der Waals surface area contributed by atoms with Gasteiger partial charge in [0.15, 0.2) is 0 Å². The summed E-state index contributed by atoms with van der Waals surface area (Å²) in [7, 11) is 1.65. The van der Waals surface area contributed by atoms with E-state index in [0.717, 1.165) is 10.5 Å². The van der Waals surface area contributed by atoms with Gasteiger partial charge in [-0.1, -0.05) is 17.3 Å². The van der Waals surface area contributed by atoms with Gasteiger partial charge in [-0.05, 0) is 49.9 Å². The van der Waals surface area contributed by atoms with Crippen molar-refractivity contribution in [3.63, 3.8) is 0 Å². The van der Waals surface area contributed by atoms with E-state index in [9.17, 15) is 4.79 Å². The van der Waals surface area contributed by atoms with Crippen LogP contribution in [0.4, 0.5) is 4.79 Å². The number of benzene rings is 1. The fraction of sp³-hybridized carbons (Fsp3) is 0.333. The zero-order valence-electron chi connectivity index (χ0n) is 13.6. The molecule has 0 saturated heterocycles. The molecule has 0 spiro atoms. The number of hydrogen-bond acceptors (Lipinski definition) is 6. The highest BCUT2D eigenvalue weighted by molar-refractivity contribution is 7.97. The normalized spacial score (nSPS) is 11.4. The molecule has 1 heterocycles. The maximum Gasteiger partial charge on any atom is 0.446 e. The van der Waals surface area contributed by atoms with Gasteiger partial charge in [0.25, 0.3) is 0 Å². The highest BCUT2D eigenvalue weighted by Gasteiger charge is 2.14. The van der Waals surface area contributed by atoms with Gasteiger partial charge in [0.1, 0.15) is 12.7 Å². The van der Waals surface area contributed by atoms with Crippen LogP contribution in [-0.4, -0.2) is 37.9 Å². The molecule has 0 fully saturated rings. The Bertz CT molecular complexity index is 700. The van der Waals surface area contributed by atoms with E-state index in [1.54, 1.807) is 25.0 Å². The number of oxime groups is 1. The standard InChI is InChI=1S/C15H19N5O2S/c1-11-6-5-7-14(13(11)3)23-19(4)15(21)22-18-12(2)8-20-10-16-9-17-20/h5-7,9-10H,8H2,1-4H3/b18-12+. The van der Waals surface area contributed by atoms with E-state index < -0.39 is 6.09 Å². The zero-order chi connectivity index (χ0) is 16.8. The third kappa shape index (κ3) is 4.82. The van der Waals surface area contributed by atoms with Gasteiger partial charge < -0.3 is 0 Å². The van der Waals surface area contributed by atoms with Crippen LogP contribution in [0.1, 0.15) is 18.1 Å². The van der Waals surface area contributed by atoms with Crippen molar-refractivity contribution in [3.8, 4) is 0 Å². The van der Waals surface area contributed by atoms with Gasteiger partial charge in [-0.15, -0.1) is 0 Å². The van der Waals surface area contributed by atoms with Gasteiger partial charge in [-0.25, -0.2) is 18.8 Å². The lowest BCUT2D eigenvalue weighted by Gasteiger charge is -2.15. The Balaban J connectivity index is 1.91. The van der Waals surface area contributed by atoms with Crippen LogP contribution in [-0.2, 0) is 11.4 Å². The summed E-state index contributed by atoms with van der Waals surface area (Å²) in [6.07, 6.45) is 2.48. The van der Waals surface area contributed by atoms with Crippen LogP contribution in [0.25, 0.3) is 0 Å². The van der Waals surface area contributed by atoms with Gasteiger partial charge in [0, 0.05) is 11.9 Å². The van der Waals surface area contributed by atoms with Crippen LogP contribution in [0.2, 0.25) is 0 Å². The second kappa shape index (κ2) is 7.77. The number of nitrogens with zero attached hydrogens (tertiary/aromatic N) is 5. The van der Waals surface area contributed by atoms with Crippen molar-refractivity contribution >= 4 is 23.8 Å². The van der Waals surface area contributed by atoms with Crippen LogP contribution < -0.4 is 0 Å². The van der Waals surface area contributed by atoms with E-state index >= 15 is 0 Å². The Morgan fingerprint density at radius 2 is 2.22 bits per heavy atom. The monoisotopic (exact) mass is 333 g/mol. The van der Waals surface area contributed by atoms with Crippen LogP contribution in [0, 0.1) is 13.8 Å². The fourth-order valence-electron chi connectivity index (χ4n) is 1.76. The van der Waals surface area contributed by atoms with Crippen molar-refractivity contribution in [1.29, 1.82) is 0 Å². The highest BCUT2D eigenvalue weighted by atomic mass is 32.2. The average Bonchev–Trinajstić information content (AvgIpc) is 3.02. The number of aromatic nitrogens is 3. The van der Waals surface area contributed by atoms with E-state index in [-0.39, 0.29) is 0 Å². The van der Waals surface area contributed by atoms with Crippen molar-refractivity contribution in [2.75, 3.05) is 7.05 Å². The molecule has 0 N–H and O–H groups in total. The number of amides is 1. The fourth-order valence-corrected chi connectivity index (χ4v) is 2.60. The summed E-state index contributed by atoms with van der Waals surface area (Å²) in [5, 5.41) is 7.79. The molecule has 0 atom stereocenters. The van der Waals surface area contributed by atoms with Gasteiger partial charge >= 0.3 is 6.09 Å². The lowest BCUT2D eigenvalue weighted by molar-refractivity contribution is 0.136. The minimum Gasteiger partial charge on any atom is -0.297 e. The summed E-state index contributed by atoms with van der Waals surface area (Å²) in [6.45, 7) is 6.24. The molecule has 0 aliphatic rings. The van der Waals surface area contributed by atoms with Crippen LogP contribution in [0.3, 0.4) is 0 Å². The number of hydrogen-bond donors (Lipinski definition) is 0. The van der Waals surface area contributed by atoms with E-state index in [4.69, 9.17) is 4.84 Å². The summed E-state index contributed by atoms with van der Waals surface area (Å²) < 4.78 is 3.01. The average molecular weight is 333 g/mol. The van der Waals surface area contributed by atoms with Crippen LogP contribution in [0.15, 0.2) is 40.9 Å². The van der Waals surface area contributed by atoms with Gasteiger partial charge in [0.2, 0.25) is 0 Å². The quantitative estimate of drug-likeness (QED) is 0.364. The Morgan fingerprint density at radius 3 is 2.91 bits per heavy atom. The summed E-state index contributed by atoms with van der Waals surface area (Å²) >= 11 is 1.31. The molecule has 1 aromatic heterocycles. The van der Waals surface area contributed by atoms with E-state index in [1.165, 1.54) is 28.1 Å².